The van der Waals surface area contributed by atoms with Crippen LogP contribution in [0.15, 0.2) is 91.1 Å². The molecule has 4 aliphatic heterocycles. The standard InChI is InChI=1S/C25H32O9.C20H24O8.C18H20O7/c1-16-8-6-10-19(26)23-20(33-25(2,3)34-23)11-7-9-17-12-18(30-14-28-4)13-21(31-15-29-5)22(17)24(27)32-16;1-12-5-3-7-15(21)19(24)16(22)8-4-6-13-9-14(27-11-26-2)10-17(23)18(13)20(25)28-12;1-10-4-2-6-13(20)17(23)14(21)7-3-5-11-8-12(19)9-15(22)16(11)18(24)25-10/h6-7,9-10,12-13,16,20,23H,8,11,14-15H2,1-5H3;3-4,6-7,9-10,12,16,19,22-24H,5,8,11H2,1-2H3;2-3,5-6,8-10,14,17,19,21-23H,4,7H2,1H3/b9-7+,10-6-;6-4+,7-3-;5-3+,6-2-/t16-,20+,23-;12-,16+,19+;10-,14+,17+/m000/s1. The Balaban J connectivity index is 0.000000241. The Morgan fingerprint density at radius 1 is 0.460 bits per heavy atom. The second-order valence-corrected chi connectivity index (χ2v) is 20.7. The van der Waals surface area contributed by atoms with Crippen molar-refractivity contribution in [3.05, 3.63) is 124 Å². The number of benzene rings is 3. The van der Waals surface area contributed by atoms with E-state index in [-0.39, 0.29) is 97.1 Å². The largest absolute Gasteiger partial charge is 0.508 e. The molecule has 4 aliphatic rings. The molecule has 4 heterocycles. The van der Waals surface area contributed by atoms with E-state index in [1.54, 1.807) is 58.9 Å². The molecule has 0 aliphatic carbocycles. The molecule has 7 rings (SSSR count). The van der Waals surface area contributed by atoms with Crippen LogP contribution in [0.1, 0.15) is 121 Å². The second kappa shape index (κ2) is 33.8. The van der Waals surface area contributed by atoms with Gasteiger partial charge < -0.3 is 87.9 Å². The monoisotopic (exact) mass is 1220 g/mol. The number of ether oxygens (including phenoxy) is 11. The predicted molar refractivity (Wildman–Crippen MR) is 312 cm³/mol. The van der Waals surface area contributed by atoms with Crippen LogP contribution in [-0.2, 0) is 52.3 Å². The fourth-order valence-corrected chi connectivity index (χ4v) is 8.75. The van der Waals surface area contributed by atoms with Gasteiger partial charge in [-0.05, 0) is 107 Å². The Morgan fingerprint density at radius 2 is 0.851 bits per heavy atom. The van der Waals surface area contributed by atoms with Crippen LogP contribution in [-0.4, -0.2) is 173 Å². The van der Waals surface area contributed by atoms with Crippen molar-refractivity contribution in [1.29, 1.82) is 0 Å². The molecule has 1 fully saturated rings. The quantitative estimate of drug-likeness (QED) is 0.0681. The topological polar surface area (TPSA) is 346 Å². The summed E-state index contributed by atoms with van der Waals surface area (Å²) in [4.78, 5) is 74.4. The molecule has 0 saturated carbocycles. The minimum absolute atomic E-state index is 0.0200. The number of carbonyl (C=O) groups is 6. The number of phenols is 3. The van der Waals surface area contributed by atoms with Gasteiger partial charge in [0, 0.05) is 58.8 Å². The first-order chi connectivity index (χ1) is 41.4. The van der Waals surface area contributed by atoms with Crippen LogP contribution in [0, 0.1) is 0 Å². The molecule has 9 atom stereocenters. The van der Waals surface area contributed by atoms with Gasteiger partial charge in [0.05, 0.1) is 18.3 Å². The molecule has 24 heteroatoms. The minimum atomic E-state index is -1.57. The van der Waals surface area contributed by atoms with Crippen molar-refractivity contribution in [3.63, 3.8) is 0 Å². The van der Waals surface area contributed by atoms with Gasteiger partial charge in [0.2, 0.25) is 0 Å². The predicted octanol–water partition coefficient (Wildman–Crippen LogP) is 6.52. The first kappa shape index (κ1) is 69.7. The van der Waals surface area contributed by atoms with Crippen LogP contribution < -0.4 is 14.2 Å². The van der Waals surface area contributed by atoms with Gasteiger partial charge in [0.25, 0.3) is 0 Å². The number of esters is 3. The van der Waals surface area contributed by atoms with E-state index < -0.39 is 95.9 Å². The lowest BCUT2D eigenvalue weighted by molar-refractivity contribution is -0.152. The third-order valence-corrected chi connectivity index (χ3v) is 13.0. The highest BCUT2D eigenvalue weighted by atomic mass is 16.8. The molecule has 0 amide bonds. The normalized spacial score (nSPS) is 26.7. The summed E-state index contributed by atoms with van der Waals surface area (Å²) in [7, 11) is 4.44. The molecule has 0 aromatic heterocycles. The van der Waals surface area contributed by atoms with Gasteiger partial charge in [-0.1, -0.05) is 54.7 Å². The molecular formula is C63H76O24. The van der Waals surface area contributed by atoms with Crippen LogP contribution in [0.25, 0.3) is 18.2 Å². The maximum atomic E-state index is 13.1. The molecule has 0 radical (unpaired) electrons. The summed E-state index contributed by atoms with van der Waals surface area (Å²) in [6.45, 7) is 8.44. The van der Waals surface area contributed by atoms with Gasteiger partial charge >= 0.3 is 17.9 Å². The fraction of sp³-hybridized carbons (Fsp3) is 0.429. The van der Waals surface area contributed by atoms with Gasteiger partial charge in [0.15, 0.2) is 43.5 Å². The number of carbonyl (C=O) groups excluding carboxylic acids is 6. The SMILES string of the molecule is COCOc1cc(O)c2c(c1)/C=C/C[C@@H](O)[C@H](O)C(=O)/C=C\C[C@H](C)OC2=O.COCOc1cc2c(c(OCOC)c1)C(=O)O[C@@H](C)C/C=C\C(=O)[C@@H]1OC(C)(C)O[C@@H]1C/C=C/2.C[C@H]1C/C=C\C(=O)[C@@H](O)[C@H](O)C/C=C/c2cc(O)cc(O)c2C(=O)O1. The van der Waals surface area contributed by atoms with Crippen LogP contribution in [0.5, 0.6) is 34.5 Å². The molecular weight excluding hydrogens is 1140 g/mol. The zero-order valence-electron chi connectivity index (χ0n) is 49.5. The summed E-state index contributed by atoms with van der Waals surface area (Å²) in [5.41, 5.74) is 1.07. The molecule has 87 heavy (non-hydrogen) atoms. The van der Waals surface area contributed by atoms with Gasteiger partial charge in [0.1, 0.15) is 87.8 Å². The number of hydrogen-bond acceptors (Lipinski definition) is 24. The molecule has 3 aromatic rings. The van der Waals surface area contributed by atoms with Crippen molar-refractivity contribution in [1.82, 2.24) is 0 Å². The summed E-state index contributed by atoms with van der Waals surface area (Å²) in [6, 6.07) is 8.36. The number of ketones is 3. The number of aliphatic hydroxyl groups is 4. The van der Waals surface area contributed by atoms with E-state index in [1.165, 1.54) is 82.1 Å². The number of rotatable bonds is 9. The number of methoxy groups -OCH3 is 3. The third kappa shape index (κ3) is 21.1. The number of hydrogen-bond donors (Lipinski definition) is 7. The van der Waals surface area contributed by atoms with E-state index in [2.05, 4.69) is 0 Å². The van der Waals surface area contributed by atoms with Crippen molar-refractivity contribution < 1.29 is 117 Å². The Hall–Kier alpha value is -8.04. The summed E-state index contributed by atoms with van der Waals surface area (Å²) in [6.07, 6.45) is 10.1. The summed E-state index contributed by atoms with van der Waals surface area (Å²) in [5.74, 6) is -4.48. The average molecular weight is 1220 g/mol. The Bertz CT molecular complexity index is 3060. The van der Waals surface area contributed by atoms with E-state index in [1.807, 2.05) is 6.08 Å². The maximum Gasteiger partial charge on any atom is 0.342 e. The van der Waals surface area contributed by atoms with Crippen molar-refractivity contribution in [2.24, 2.45) is 0 Å². The second-order valence-electron chi connectivity index (χ2n) is 20.7. The first-order valence-corrected chi connectivity index (χ1v) is 27.6. The van der Waals surface area contributed by atoms with Crippen LogP contribution in [0.4, 0.5) is 0 Å². The van der Waals surface area contributed by atoms with Crippen LogP contribution in [0.3, 0.4) is 0 Å². The van der Waals surface area contributed by atoms with Crippen LogP contribution >= 0.6 is 0 Å². The Labute approximate surface area is 503 Å². The summed E-state index contributed by atoms with van der Waals surface area (Å²) in [5, 5.41) is 69.5. The highest BCUT2D eigenvalue weighted by Gasteiger charge is 2.44. The molecule has 1 saturated heterocycles. The highest BCUT2D eigenvalue weighted by Crippen LogP contribution is 2.36. The van der Waals surface area contributed by atoms with Gasteiger partial charge in [-0.25, -0.2) is 14.4 Å². The lowest BCUT2D eigenvalue weighted by Gasteiger charge is -2.18. The van der Waals surface area contributed by atoms with E-state index in [4.69, 9.17) is 52.1 Å². The van der Waals surface area contributed by atoms with E-state index in [0.717, 1.165) is 18.2 Å². The van der Waals surface area contributed by atoms with Crippen molar-refractivity contribution in [2.75, 3.05) is 41.7 Å². The molecule has 0 bridgehead atoms. The van der Waals surface area contributed by atoms with Gasteiger partial charge in [-0.2, -0.15) is 0 Å². The number of phenolic OH excluding ortho intramolecular Hbond substituents is 3. The number of cyclic esters (lactones) is 3. The molecule has 0 spiro atoms. The third-order valence-electron chi connectivity index (χ3n) is 13.0. The summed E-state index contributed by atoms with van der Waals surface area (Å²) >= 11 is 0. The smallest absolute Gasteiger partial charge is 0.342 e. The molecule has 7 N–H and O–H groups in total. The first-order valence-electron chi connectivity index (χ1n) is 27.6. The number of aliphatic hydroxyl groups excluding tert-OH is 4. The van der Waals surface area contributed by atoms with Crippen LogP contribution in [0.2, 0.25) is 0 Å². The van der Waals surface area contributed by atoms with Gasteiger partial charge in [-0.15, -0.1) is 0 Å². The molecule has 24 nitrogen and oxygen atoms in total. The number of aromatic hydroxyl groups is 3. The molecule has 0 unspecified atom stereocenters. The number of fused-ring (bicyclic) bond motifs is 4. The van der Waals surface area contributed by atoms with Gasteiger partial charge in [-0.3, -0.25) is 14.4 Å². The minimum Gasteiger partial charge on any atom is -0.508 e. The Kier molecular flexibility index (Phi) is 27.1. The maximum absolute atomic E-state index is 13.1. The fourth-order valence-electron chi connectivity index (χ4n) is 8.75. The lowest BCUT2D eigenvalue weighted by atomic mass is 10.0. The van der Waals surface area contributed by atoms with E-state index >= 15 is 0 Å². The van der Waals surface area contributed by atoms with E-state index in [0.29, 0.717) is 29.7 Å². The molecule has 472 valence electrons. The highest BCUT2D eigenvalue weighted by molar-refractivity contribution is 5.99. The average Bonchev–Trinajstić information content (AvgIpc) is 3.39. The van der Waals surface area contributed by atoms with Crippen molar-refractivity contribution >= 4 is 53.5 Å². The Morgan fingerprint density at radius 3 is 1.33 bits per heavy atom. The van der Waals surface area contributed by atoms with E-state index in [9.17, 15) is 64.5 Å². The zero-order chi connectivity index (χ0) is 64.0. The lowest BCUT2D eigenvalue weighted by Crippen LogP contribution is -2.32. The molecule has 3 aromatic carbocycles. The summed E-state index contributed by atoms with van der Waals surface area (Å²) < 4.78 is 59.5. The van der Waals surface area contributed by atoms with Crippen molar-refractivity contribution in [2.45, 2.75) is 134 Å². The zero-order valence-corrected chi connectivity index (χ0v) is 49.5. The van der Waals surface area contributed by atoms with Crippen molar-refractivity contribution in [3.8, 4) is 34.5 Å².